The molecule has 0 saturated carbocycles. The van der Waals surface area contributed by atoms with Gasteiger partial charge in [-0.1, -0.05) is 12.1 Å². The van der Waals surface area contributed by atoms with Crippen LogP contribution in [0.4, 0.5) is 0 Å². The highest BCUT2D eigenvalue weighted by Crippen LogP contribution is 2.27. The molecule has 0 bridgehead atoms. The lowest BCUT2D eigenvalue weighted by Gasteiger charge is -2.18. The van der Waals surface area contributed by atoms with Crippen LogP contribution in [-0.2, 0) is 9.84 Å². The van der Waals surface area contributed by atoms with Crippen LogP contribution in [0.3, 0.4) is 0 Å². The van der Waals surface area contributed by atoms with Crippen LogP contribution >= 0.6 is 0 Å². The van der Waals surface area contributed by atoms with Gasteiger partial charge in [0.1, 0.15) is 5.69 Å². The number of nitrogens with one attached hydrogen (secondary N) is 1. The van der Waals surface area contributed by atoms with E-state index in [-0.39, 0.29) is 10.9 Å². The minimum absolute atomic E-state index is 0.267. The van der Waals surface area contributed by atoms with E-state index in [0.29, 0.717) is 11.6 Å². The molecule has 0 radical (unpaired) electrons. The van der Waals surface area contributed by atoms with Crippen LogP contribution in [0.1, 0.15) is 17.3 Å². The molecule has 1 unspecified atom stereocenters. The van der Waals surface area contributed by atoms with Crippen LogP contribution in [0, 0.1) is 0 Å². The highest BCUT2D eigenvalue weighted by atomic mass is 32.2. The second kappa shape index (κ2) is 6.19. The lowest BCUT2D eigenvalue weighted by molar-refractivity contribution is 0.384. The minimum atomic E-state index is -3.26. The summed E-state index contributed by atoms with van der Waals surface area (Å²) in [4.78, 5) is 8.68. The quantitative estimate of drug-likeness (QED) is 0.894. The third-order valence-corrected chi connectivity index (χ3v) is 4.18. The Bertz CT molecular complexity index is 732. The zero-order valence-corrected chi connectivity index (χ0v) is 12.9. The first-order valence-electron chi connectivity index (χ1n) is 6.29. The largest absolute Gasteiger partial charge is 0.480 e. The SMILES string of the molecule is CNC(c1cccc(S(C)(=O)=O)c1)c1nccnc1OC. The van der Waals surface area contributed by atoms with Crippen LogP contribution in [-0.4, -0.2) is 38.8 Å². The maximum Gasteiger partial charge on any atom is 0.237 e. The molecule has 1 aromatic heterocycles. The van der Waals surface area contributed by atoms with E-state index in [0.717, 1.165) is 5.56 Å². The van der Waals surface area contributed by atoms with Gasteiger partial charge in [0.25, 0.3) is 0 Å². The summed E-state index contributed by atoms with van der Waals surface area (Å²) in [6.07, 6.45) is 4.30. The summed E-state index contributed by atoms with van der Waals surface area (Å²) in [6, 6.07) is 6.43. The fourth-order valence-electron chi connectivity index (χ4n) is 2.08. The molecule has 1 aromatic carbocycles. The fourth-order valence-corrected chi connectivity index (χ4v) is 2.75. The van der Waals surface area contributed by atoms with Gasteiger partial charge < -0.3 is 10.1 Å². The highest BCUT2D eigenvalue weighted by molar-refractivity contribution is 7.90. The molecule has 2 rings (SSSR count). The molecule has 0 amide bonds. The Kier molecular flexibility index (Phi) is 4.54. The Morgan fingerprint density at radius 3 is 2.57 bits per heavy atom. The Balaban J connectivity index is 2.52. The van der Waals surface area contributed by atoms with Gasteiger partial charge >= 0.3 is 0 Å². The van der Waals surface area contributed by atoms with Gasteiger partial charge in [-0.2, -0.15) is 0 Å². The van der Waals surface area contributed by atoms with Crippen molar-refractivity contribution in [2.45, 2.75) is 10.9 Å². The predicted molar refractivity (Wildman–Crippen MR) is 79.0 cm³/mol. The fraction of sp³-hybridized carbons (Fsp3) is 0.286. The Morgan fingerprint density at radius 2 is 1.95 bits per heavy atom. The van der Waals surface area contributed by atoms with Gasteiger partial charge in [-0.15, -0.1) is 0 Å². The normalized spacial score (nSPS) is 12.9. The van der Waals surface area contributed by atoms with Crippen molar-refractivity contribution in [2.24, 2.45) is 0 Å². The van der Waals surface area contributed by atoms with Crippen molar-refractivity contribution in [2.75, 3.05) is 20.4 Å². The number of aromatic nitrogens is 2. The van der Waals surface area contributed by atoms with Gasteiger partial charge in [0, 0.05) is 18.6 Å². The van der Waals surface area contributed by atoms with E-state index in [4.69, 9.17) is 4.74 Å². The summed E-state index contributed by atoms with van der Waals surface area (Å²) in [7, 11) is 0.0307. The Morgan fingerprint density at radius 1 is 1.24 bits per heavy atom. The first-order valence-corrected chi connectivity index (χ1v) is 8.18. The zero-order chi connectivity index (χ0) is 15.5. The van der Waals surface area contributed by atoms with E-state index < -0.39 is 9.84 Å². The van der Waals surface area contributed by atoms with Crippen molar-refractivity contribution in [3.63, 3.8) is 0 Å². The van der Waals surface area contributed by atoms with Crippen LogP contribution in [0.2, 0.25) is 0 Å². The monoisotopic (exact) mass is 307 g/mol. The third kappa shape index (κ3) is 3.37. The number of benzene rings is 1. The van der Waals surface area contributed by atoms with Gasteiger partial charge in [0.15, 0.2) is 9.84 Å². The van der Waals surface area contributed by atoms with Crippen molar-refractivity contribution in [3.05, 3.63) is 47.9 Å². The lowest BCUT2D eigenvalue weighted by Crippen LogP contribution is -2.20. The van der Waals surface area contributed by atoms with Gasteiger partial charge in [-0.05, 0) is 24.7 Å². The first-order chi connectivity index (χ1) is 9.97. The molecule has 112 valence electrons. The maximum atomic E-state index is 11.7. The number of rotatable bonds is 5. The van der Waals surface area contributed by atoms with Crippen LogP contribution in [0.15, 0.2) is 41.6 Å². The van der Waals surface area contributed by atoms with E-state index in [1.54, 1.807) is 37.6 Å². The van der Waals surface area contributed by atoms with Crippen molar-refractivity contribution < 1.29 is 13.2 Å². The van der Waals surface area contributed by atoms with Crippen LogP contribution in [0.5, 0.6) is 5.88 Å². The summed E-state index contributed by atoms with van der Waals surface area (Å²) in [5, 5.41) is 3.11. The van der Waals surface area contributed by atoms with Gasteiger partial charge in [0.2, 0.25) is 5.88 Å². The third-order valence-electron chi connectivity index (χ3n) is 3.07. The number of ether oxygens (including phenoxy) is 1. The Labute approximate surface area is 124 Å². The first kappa shape index (κ1) is 15.4. The standard InChI is InChI=1S/C14H17N3O3S/c1-15-12(13-14(20-2)17-8-7-16-13)10-5-4-6-11(9-10)21(3,18)19/h4-9,12,15H,1-3H3. The number of sulfone groups is 1. The summed E-state index contributed by atoms with van der Waals surface area (Å²) in [5.74, 6) is 0.404. The van der Waals surface area contributed by atoms with E-state index in [9.17, 15) is 8.42 Å². The molecule has 0 fully saturated rings. The van der Waals surface area contributed by atoms with Gasteiger partial charge in [-0.3, -0.25) is 4.98 Å². The molecule has 1 N–H and O–H groups in total. The Hall–Kier alpha value is -1.99. The zero-order valence-electron chi connectivity index (χ0n) is 12.1. The number of methoxy groups -OCH3 is 1. The molecular weight excluding hydrogens is 290 g/mol. The van der Waals surface area contributed by atoms with Crippen molar-refractivity contribution in [1.82, 2.24) is 15.3 Å². The molecule has 2 aromatic rings. The average molecular weight is 307 g/mol. The summed E-state index contributed by atoms with van der Waals surface area (Å²) in [6.45, 7) is 0. The average Bonchev–Trinajstić information content (AvgIpc) is 2.48. The molecule has 1 atom stereocenters. The number of hydrogen-bond donors (Lipinski definition) is 1. The van der Waals surface area contributed by atoms with Crippen LogP contribution < -0.4 is 10.1 Å². The molecule has 0 aliphatic carbocycles. The topological polar surface area (TPSA) is 81.2 Å². The van der Waals surface area contributed by atoms with Crippen molar-refractivity contribution in [1.29, 1.82) is 0 Å². The summed E-state index contributed by atoms with van der Waals surface area (Å²) >= 11 is 0. The molecule has 0 aliphatic heterocycles. The second-order valence-corrected chi connectivity index (χ2v) is 6.53. The second-order valence-electron chi connectivity index (χ2n) is 4.52. The van der Waals surface area contributed by atoms with E-state index >= 15 is 0 Å². The summed E-state index contributed by atoms with van der Waals surface area (Å²) < 4.78 is 28.6. The van der Waals surface area contributed by atoms with Crippen LogP contribution in [0.25, 0.3) is 0 Å². The highest BCUT2D eigenvalue weighted by Gasteiger charge is 2.20. The number of hydrogen-bond acceptors (Lipinski definition) is 6. The molecule has 7 heteroatoms. The lowest BCUT2D eigenvalue weighted by atomic mass is 10.0. The van der Waals surface area contributed by atoms with Gasteiger partial charge in [0.05, 0.1) is 18.0 Å². The van der Waals surface area contributed by atoms with E-state index in [2.05, 4.69) is 15.3 Å². The molecule has 0 aliphatic rings. The van der Waals surface area contributed by atoms with Crippen molar-refractivity contribution in [3.8, 4) is 5.88 Å². The molecular formula is C14H17N3O3S. The number of nitrogens with zero attached hydrogens (tertiary/aromatic N) is 2. The maximum absolute atomic E-state index is 11.7. The molecule has 1 heterocycles. The molecule has 6 nitrogen and oxygen atoms in total. The predicted octanol–water partition coefficient (Wildman–Crippen LogP) is 1.20. The molecule has 21 heavy (non-hydrogen) atoms. The smallest absolute Gasteiger partial charge is 0.237 e. The van der Waals surface area contributed by atoms with Crippen molar-refractivity contribution >= 4 is 9.84 Å². The van der Waals surface area contributed by atoms with Gasteiger partial charge in [-0.25, -0.2) is 13.4 Å². The van der Waals surface area contributed by atoms with E-state index in [1.807, 2.05) is 6.07 Å². The van der Waals surface area contributed by atoms with E-state index in [1.165, 1.54) is 13.4 Å². The summed E-state index contributed by atoms with van der Waals surface area (Å²) in [5.41, 5.74) is 1.38. The molecule has 0 saturated heterocycles. The minimum Gasteiger partial charge on any atom is -0.480 e. The molecule has 0 spiro atoms.